The fraction of sp³-hybridized carbons (Fsp3) is 0.273. The molecule has 0 unspecified atom stereocenters. The van der Waals surface area contributed by atoms with Gasteiger partial charge in [0.1, 0.15) is 10.1 Å². The van der Waals surface area contributed by atoms with Crippen LogP contribution in [0.3, 0.4) is 0 Å². The molecule has 0 saturated carbocycles. The van der Waals surface area contributed by atoms with E-state index in [0.29, 0.717) is 11.6 Å². The minimum absolute atomic E-state index is 0.416. The Hall–Kier alpha value is -1.04. The Labute approximate surface area is 109 Å². The van der Waals surface area contributed by atoms with E-state index < -0.39 is 0 Å². The number of pyridine rings is 1. The summed E-state index contributed by atoms with van der Waals surface area (Å²) in [6.45, 7) is 2.37. The Balaban J connectivity index is 2.33. The van der Waals surface area contributed by atoms with Crippen molar-refractivity contribution in [1.82, 2.24) is 14.8 Å². The normalized spacial score (nSPS) is 10.8. The Morgan fingerprint density at radius 2 is 2.29 bits per heavy atom. The lowest BCUT2D eigenvalue weighted by atomic mass is 10.3. The summed E-state index contributed by atoms with van der Waals surface area (Å²) in [6, 6.07) is 3.83. The number of aromatic nitrogens is 3. The van der Waals surface area contributed by atoms with Crippen molar-refractivity contribution in [3.05, 3.63) is 34.6 Å². The number of halogens is 1. The van der Waals surface area contributed by atoms with Gasteiger partial charge >= 0.3 is 0 Å². The van der Waals surface area contributed by atoms with E-state index in [1.165, 1.54) is 11.8 Å². The number of hydrogen-bond acceptors (Lipinski definition) is 4. The summed E-state index contributed by atoms with van der Waals surface area (Å²) in [6.07, 6.45) is 1.72. The maximum absolute atomic E-state index is 6.22. The van der Waals surface area contributed by atoms with Crippen LogP contribution in [0.1, 0.15) is 11.3 Å². The van der Waals surface area contributed by atoms with Crippen LogP contribution in [0, 0.1) is 6.92 Å². The van der Waals surface area contributed by atoms with Crippen molar-refractivity contribution < 1.29 is 0 Å². The zero-order valence-corrected chi connectivity index (χ0v) is 11.2. The third-order valence-electron chi connectivity index (χ3n) is 2.32. The fourth-order valence-electron chi connectivity index (χ4n) is 1.47. The highest BCUT2D eigenvalue weighted by molar-refractivity contribution is 7.99. The van der Waals surface area contributed by atoms with E-state index in [9.17, 15) is 0 Å². The molecule has 2 aromatic heterocycles. The second-order valence-electron chi connectivity index (χ2n) is 3.64. The van der Waals surface area contributed by atoms with Gasteiger partial charge in [-0.1, -0.05) is 11.6 Å². The Bertz CT molecular complexity index is 538. The van der Waals surface area contributed by atoms with E-state index in [-0.39, 0.29) is 0 Å². The van der Waals surface area contributed by atoms with Crippen molar-refractivity contribution in [2.24, 2.45) is 12.8 Å². The van der Waals surface area contributed by atoms with Gasteiger partial charge < -0.3 is 5.73 Å². The Morgan fingerprint density at radius 1 is 1.53 bits per heavy atom. The molecule has 0 atom stereocenters. The lowest BCUT2D eigenvalue weighted by molar-refractivity contribution is 0.692. The molecule has 90 valence electrons. The number of aryl methyl sites for hydroxylation is 2. The number of nitrogens with zero attached hydrogens (tertiary/aromatic N) is 3. The van der Waals surface area contributed by atoms with Gasteiger partial charge in [-0.3, -0.25) is 4.68 Å². The van der Waals surface area contributed by atoms with Crippen LogP contribution < -0.4 is 5.73 Å². The molecule has 17 heavy (non-hydrogen) atoms. The van der Waals surface area contributed by atoms with Gasteiger partial charge in [0.05, 0.1) is 10.7 Å². The quantitative estimate of drug-likeness (QED) is 0.929. The van der Waals surface area contributed by atoms with Gasteiger partial charge in [-0.15, -0.1) is 0 Å². The standard InChI is InChI=1S/C11H13ClN4S/c1-7-5-9(16(2)15-7)17-11-10(12)8(6-13)3-4-14-11/h3-5H,6,13H2,1-2H3. The minimum Gasteiger partial charge on any atom is -0.326 e. The lowest BCUT2D eigenvalue weighted by Gasteiger charge is -2.06. The van der Waals surface area contributed by atoms with Gasteiger partial charge in [0.25, 0.3) is 0 Å². The van der Waals surface area contributed by atoms with Crippen molar-refractivity contribution in [3.63, 3.8) is 0 Å². The molecule has 2 aromatic rings. The number of hydrogen-bond donors (Lipinski definition) is 1. The van der Waals surface area contributed by atoms with Gasteiger partial charge in [0, 0.05) is 19.8 Å². The van der Waals surface area contributed by atoms with Crippen LogP contribution >= 0.6 is 23.4 Å². The highest BCUT2D eigenvalue weighted by atomic mass is 35.5. The molecule has 2 heterocycles. The van der Waals surface area contributed by atoms with E-state index in [1.807, 2.05) is 30.8 Å². The van der Waals surface area contributed by atoms with Crippen LogP contribution in [-0.4, -0.2) is 14.8 Å². The third-order valence-corrected chi connectivity index (χ3v) is 3.95. The van der Waals surface area contributed by atoms with Crippen LogP contribution in [-0.2, 0) is 13.6 Å². The zero-order chi connectivity index (χ0) is 12.4. The summed E-state index contributed by atoms with van der Waals surface area (Å²) < 4.78 is 1.81. The minimum atomic E-state index is 0.416. The van der Waals surface area contributed by atoms with Crippen LogP contribution in [0.5, 0.6) is 0 Å². The van der Waals surface area contributed by atoms with Crippen LogP contribution in [0.25, 0.3) is 0 Å². The number of rotatable bonds is 3. The van der Waals surface area contributed by atoms with Crippen molar-refractivity contribution in [2.45, 2.75) is 23.5 Å². The first kappa shape index (κ1) is 12.4. The van der Waals surface area contributed by atoms with Gasteiger partial charge in [-0.2, -0.15) is 5.10 Å². The summed E-state index contributed by atoms with van der Waals surface area (Å²) in [5, 5.41) is 6.67. The Morgan fingerprint density at radius 3 is 2.88 bits per heavy atom. The molecule has 2 rings (SSSR count). The van der Waals surface area contributed by atoms with E-state index in [2.05, 4.69) is 10.1 Å². The van der Waals surface area contributed by atoms with Crippen molar-refractivity contribution >= 4 is 23.4 Å². The maximum Gasteiger partial charge on any atom is 0.121 e. The van der Waals surface area contributed by atoms with Crippen LogP contribution in [0.4, 0.5) is 0 Å². The summed E-state index contributed by atoms with van der Waals surface area (Å²) in [4.78, 5) is 4.27. The van der Waals surface area contributed by atoms with Gasteiger partial charge in [-0.25, -0.2) is 4.98 Å². The van der Waals surface area contributed by atoms with Gasteiger partial charge in [0.15, 0.2) is 0 Å². The molecule has 0 aliphatic rings. The van der Waals surface area contributed by atoms with Crippen LogP contribution in [0.2, 0.25) is 5.02 Å². The molecular weight excluding hydrogens is 256 g/mol. The SMILES string of the molecule is Cc1cc(Sc2nccc(CN)c2Cl)n(C)n1. The molecule has 2 N–H and O–H groups in total. The average molecular weight is 269 g/mol. The molecular formula is C11H13ClN4S. The molecule has 0 aliphatic carbocycles. The first-order valence-electron chi connectivity index (χ1n) is 5.13. The van der Waals surface area contributed by atoms with Gasteiger partial charge in [-0.05, 0) is 36.4 Å². The summed E-state index contributed by atoms with van der Waals surface area (Å²) in [5.74, 6) is 0. The molecule has 0 amide bonds. The predicted octanol–water partition coefficient (Wildman–Crippen LogP) is 2.39. The fourth-order valence-corrected chi connectivity index (χ4v) is 2.71. The third kappa shape index (κ3) is 2.62. The topological polar surface area (TPSA) is 56.7 Å². The summed E-state index contributed by atoms with van der Waals surface area (Å²) >= 11 is 7.72. The van der Waals surface area contributed by atoms with Gasteiger partial charge in [0.2, 0.25) is 0 Å². The molecule has 6 heteroatoms. The second-order valence-corrected chi connectivity index (χ2v) is 5.03. The molecule has 0 aromatic carbocycles. The first-order chi connectivity index (χ1) is 8.11. The molecule has 0 aliphatic heterocycles. The van der Waals surface area contributed by atoms with Crippen LogP contribution in [0.15, 0.2) is 28.4 Å². The zero-order valence-electron chi connectivity index (χ0n) is 9.64. The molecule has 0 radical (unpaired) electrons. The summed E-state index contributed by atoms with van der Waals surface area (Å²) in [5.41, 5.74) is 7.49. The predicted molar refractivity (Wildman–Crippen MR) is 69.2 cm³/mol. The molecule has 0 fully saturated rings. The molecule has 4 nitrogen and oxygen atoms in total. The summed E-state index contributed by atoms with van der Waals surface area (Å²) in [7, 11) is 1.90. The van der Waals surface area contributed by atoms with Crippen molar-refractivity contribution in [1.29, 1.82) is 0 Å². The smallest absolute Gasteiger partial charge is 0.121 e. The highest BCUT2D eigenvalue weighted by Crippen LogP contribution is 2.33. The highest BCUT2D eigenvalue weighted by Gasteiger charge is 2.11. The monoisotopic (exact) mass is 268 g/mol. The Kier molecular flexibility index (Phi) is 3.71. The largest absolute Gasteiger partial charge is 0.326 e. The van der Waals surface area contributed by atoms with E-state index in [1.54, 1.807) is 6.20 Å². The van der Waals surface area contributed by atoms with E-state index in [4.69, 9.17) is 17.3 Å². The maximum atomic E-state index is 6.22. The van der Waals surface area contributed by atoms with Crippen molar-refractivity contribution in [2.75, 3.05) is 0 Å². The molecule has 0 bridgehead atoms. The second kappa shape index (κ2) is 5.08. The lowest BCUT2D eigenvalue weighted by Crippen LogP contribution is -1.99. The van der Waals surface area contributed by atoms with Crippen molar-refractivity contribution in [3.8, 4) is 0 Å². The van der Waals surface area contributed by atoms with E-state index >= 15 is 0 Å². The molecule has 0 saturated heterocycles. The number of nitrogens with two attached hydrogens (primary N) is 1. The molecule has 0 spiro atoms. The van der Waals surface area contributed by atoms with E-state index in [0.717, 1.165) is 21.3 Å². The average Bonchev–Trinajstić information content (AvgIpc) is 2.60. The first-order valence-corrected chi connectivity index (χ1v) is 6.33.